The van der Waals surface area contributed by atoms with Gasteiger partial charge in [-0.15, -0.1) is 0 Å². The minimum atomic E-state index is -0.201. The van der Waals surface area contributed by atoms with Gasteiger partial charge in [-0.2, -0.15) is 0 Å². The summed E-state index contributed by atoms with van der Waals surface area (Å²) in [6.07, 6.45) is 4.48. The topological polar surface area (TPSA) is 67.4 Å². The fourth-order valence-corrected chi connectivity index (χ4v) is 2.77. The van der Waals surface area contributed by atoms with Crippen molar-refractivity contribution in [2.24, 2.45) is 0 Å². The number of halogens is 2. The van der Waals surface area contributed by atoms with Gasteiger partial charge in [0.1, 0.15) is 6.10 Å². The Bertz CT molecular complexity index is 711. The van der Waals surface area contributed by atoms with Crippen LogP contribution < -0.4 is 10.1 Å². The van der Waals surface area contributed by atoms with Crippen molar-refractivity contribution in [1.29, 1.82) is 0 Å². The number of aromatic nitrogens is 2. The lowest BCUT2D eigenvalue weighted by atomic mass is 10.1. The van der Waals surface area contributed by atoms with Gasteiger partial charge in [-0.1, -0.05) is 35.3 Å². The van der Waals surface area contributed by atoms with Crippen LogP contribution in [0.25, 0.3) is 0 Å². The van der Waals surface area contributed by atoms with Gasteiger partial charge in [0.05, 0.1) is 34.7 Å². The first-order valence-electron chi connectivity index (χ1n) is 7.56. The molecule has 1 aliphatic rings. The average Bonchev–Trinajstić information content (AvgIpc) is 2.59. The molecule has 1 N–H and O–H groups in total. The molecule has 1 aromatic heterocycles. The molecule has 3 rings (SSSR count). The largest absolute Gasteiger partial charge is 0.458 e. The van der Waals surface area contributed by atoms with E-state index in [-0.39, 0.29) is 18.1 Å². The molecule has 0 aliphatic carbocycles. The van der Waals surface area contributed by atoms with E-state index in [0.717, 1.165) is 12.8 Å². The summed E-state index contributed by atoms with van der Waals surface area (Å²) in [5, 5.41) is 3.78. The number of likely N-dealkylation sites (tertiary alicyclic amines) is 1. The second-order valence-corrected chi connectivity index (χ2v) is 6.27. The molecule has 24 heavy (non-hydrogen) atoms. The summed E-state index contributed by atoms with van der Waals surface area (Å²) < 4.78 is 5.74. The SMILES string of the molecule is O=C(Nc1ccccc1Cl)N1CCCC(Oc2ncc(Cl)cn2)C1. The number of hydrogen-bond acceptors (Lipinski definition) is 4. The van der Waals surface area contributed by atoms with Crippen LogP contribution in [0.15, 0.2) is 36.7 Å². The van der Waals surface area contributed by atoms with Gasteiger partial charge >= 0.3 is 12.0 Å². The smallest absolute Gasteiger partial charge is 0.322 e. The van der Waals surface area contributed by atoms with Crippen molar-refractivity contribution in [1.82, 2.24) is 14.9 Å². The zero-order valence-corrected chi connectivity index (χ0v) is 14.3. The van der Waals surface area contributed by atoms with E-state index in [0.29, 0.717) is 28.8 Å². The Morgan fingerprint density at radius 2 is 2.00 bits per heavy atom. The van der Waals surface area contributed by atoms with E-state index in [9.17, 15) is 4.79 Å². The first-order valence-corrected chi connectivity index (χ1v) is 8.32. The predicted octanol–water partition coefficient (Wildman–Crippen LogP) is 3.86. The third kappa shape index (κ3) is 4.27. The van der Waals surface area contributed by atoms with E-state index in [4.69, 9.17) is 27.9 Å². The maximum absolute atomic E-state index is 12.4. The lowest BCUT2D eigenvalue weighted by Crippen LogP contribution is -2.46. The maximum Gasteiger partial charge on any atom is 0.322 e. The van der Waals surface area contributed by atoms with Gasteiger partial charge in [-0.25, -0.2) is 14.8 Å². The standard InChI is InChI=1S/C16H16Cl2N4O2/c17-11-8-19-15(20-9-11)24-12-4-3-7-22(10-12)16(23)21-14-6-2-1-5-13(14)18/h1-2,5-6,8-9,12H,3-4,7,10H2,(H,21,23). The second kappa shape index (κ2) is 7.68. The lowest BCUT2D eigenvalue weighted by Gasteiger charge is -2.32. The number of para-hydroxylation sites is 1. The van der Waals surface area contributed by atoms with Crippen molar-refractivity contribution in [3.63, 3.8) is 0 Å². The molecule has 1 atom stereocenters. The molecular weight excluding hydrogens is 351 g/mol. The summed E-state index contributed by atoms with van der Waals surface area (Å²) in [4.78, 5) is 22.2. The number of rotatable bonds is 3. The lowest BCUT2D eigenvalue weighted by molar-refractivity contribution is 0.0983. The number of nitrogens with one attached hydrogen (secondary N) is 1. The summed E-state index contributed by atoms with van der Waals surface area (Å²) >= 11 is 11.8. The molecule has 0 bridgehead atoms. The third-order valence-corrected chi connectivity index (χ3v) is 4.17. The fraction of sp³-hybridized carbons (Fsp3) is 0.312. The highest BCUT2D eigenvalue weighted by Gasteiger charge is 2.25. The molecular formula is C16H16Cl2N4O2. The summed E-state index contributed by atoms with van der Waals surface area (Å²) in [5.74, 6) is 0. The molecule has 6 nitrogen and oxygen atoms in total. The van der Waals surface area contributed by atoms with Crippen LogP contribution in [0.3, 0.4) is 0 Å². The Kier molecular flexibility index (Phi) is 5.37. The van der Waals surface area contributed by atoms with Gasteiger partial charge in [0.25, 0.3) is 0 Å². The molecule has 1 fully saturated rings. The van der Waals surface area contributed by atoms with E-state index in [1.807, 2.05) is 12.1 Å². The van der Waals surface area contributed by atoms with Gasteiger partial charge in [0.15, 0.2) is 0 Å². The molecule has 1 saturated heterocycles. The van der Waals surface area contributed by atoms with Crippen molar-refractivity contribution < 1.29 is 9.53 Å². The number of amides is 2. The first-order chi connectivity index (χ1) is 11.6. The highest BCUT2D eigenvalue weighted by atomic mass is 35.5. The number of carbonyl (C=O) groups excluding carboxylic acids is 1. The molecule has 2 aromatic rings. The Hall–Kier alpha value is -2.05. The molecule has 2 heterocycles. The molecule has 2 amide bonds. The van der Waals surface area contributed by atoms with Crippen LogP contribution in [-0.2, 0) is 0 Å². The summed E-state index contributed by atoms with van der Waals surface area (Å²) in [5.41, 5.74) is 0.591. The number of nitrogens with zero attached hydrogens (tertiary/aromatic N) is 3. The minimum absolute atomic E-state index is 0.156. The van der Waals surface area contributed by atoms with Crippen molar-refractivity contribution >= 4 is 34.9 Å². The quantitative estimate of drug-likeness (QED) is 0.895. The van der Waals surface area contributed by atoms with Crippen LogP contribution in [0, 0.1) is 0 Å². The van der Waals surface area contributed by atoms with E-state index in [1.165, 1.54) is 12.4 Å². The van der Waals surface area contributed by atoms with Crippen LogP contribution in [0.4, 0.5) is 10.5 Å². The van der Waals surface area contributed by atoms with Crippen LogP contribution in [0.2, 0.25) is 10.0 Å². The van der Waals surface area contributed by atoms with E-state index >= 15 is 0 Å². The van der Waals surface area contributed by atoms with E-state index in [2.05, 4.69) is 15.3 Å². The van der Waals surface area contributed by atoms with Crippen molar-refractivity contribution in [2.75, 3.05) is 18.4 Å². The van der Waals surface area contributed by atoms with Crippen LogP contribution in [-0.4, -0.2) is 40.1 Å². The molecule has 1 aliphatic heterocycles. The normalized spacial score (nSPS) is 17.4. The number of piperidine rings is 1. The van der Waals surface area contributed by atoms with Crippen molar-refractivity contribution in [3.8, 4) is 6.01 Å². The number of anilines is 1. The third-order valence-electron chi connectivity index (χ3n) is 3.65. The van der Waals surface area contributed by atoms with Gasteiger partial charge in [-0.3, -0.25) is 0 Å². The first kappa shape index (κ1) is 16.8. The Morgan fingerprint density at radius 3 is 2.75 bits per heavy atom. The molecule has 0 spiro atoms. The van der Waals surface area contributed by atoms with Gasteiger partial charge < -0.3 is 15.0 Å². The van der Waals surface area contributed by atoms with Crippen molar-refractivity contribution in [2.45, 2.75) is 18.9 Å². The predicted molar refractivity (Wildman–Crippen MR) is 92.7 cm³/mol. The maximum atomic E-state index is 12.4. The number of benzene rings is 1. The van der Waals surface area contributed by atoms with Gasteiger partial charge in [0, 0.05) is 6.54 Å². The molecule has 0 radical (unpaired) electrons. The summed E-state index contributed by atoms with van der Waals surface area (Å²) in [6, 6.07) is 7.19. The van der Waals surface area contributed by atoms with E-state index < -0.39 is 0 Å². The van der Waals surface area contributed by atoms with Gasteiger partial charge in [-0.05, 0) is 25.0 Å². The zero-order chi connectivity index (χ0) is 16.9. The highest BCUT2D eigenvalue weighted by molar-refractivity contribution is 6.33. The van der Waals surface area contributed by atoms with Crippen LogP contribution >= 0.6 is 23.2 Å². The summed E-state index contributed by atoms with van der Waals surface area (Å²) in [7, 11) is 0. The highest BCUT2D eigenvalue weighted by Crippen LogP contribution is 2.22. The minimum Gasteiger partial charge on any atom is -0.458 e. The van der Waals surface area contributed by atoms with Crippen LogP contribution in [0.1, 0.15) is 12.8 Å². The fourth-order valence-electron chi connectivity index (χ4n) is 2.49. The monoisotopic (exact) mass is 366 g/mol. The van der Waals surface area contributed by atoms with E-state index in [1.54, 1.807) is 17.0 Å². The van der Waals surface area contributed by atoms with Crippen molar-refractivity contribution in [3.05, 3.63) is 46.7 Å². The zero-order valence-electron chi connectivity index (χ0n) is 12.8. The molecule has 0 saturated carbocycles. The number of carbonyl (C=O) groups is 1. The molecule has 1 unspecified atom stereocenters. The second-order valence-electron chi connectivity index (χ2n) is 5.42. The molecule has 126 valence electrons. The Morgan fingerprint density at radius 1 is 1.25 bits per heavy atom. The molecule has 8 heteroatoms. The summed E-state index contributed by atoms with van der Waals surface area (Å²) in [6.45, 7) is 1.12. The van der Waals surface area contributed by atoms with Gasteiger partial charge in [0.2, 0.25) is 0 Å². The number of hydrogen-bond donors (Lipinski definition) is 1. The average molecular weight is 367 g/mol. The van der Waals surface area contributed by atoms with Crippen LogP contribution in [0.5, 0.6) is 6.01 Å². The number of urea groups is 1. The Labute approximate surface area is 149 Å². The molecule has 1 aromatic carbocycles. The number of ether oxygens (including phenoxy) is 1. The Balaban J connectivity index is 1.59.